The summed E-state index contributed by atoms with van der Waals surface area (Å²) in [5, 5.41) is 21.3. The summed E-state index contributed by atoms with van der Waals surface area (Å²) in [6, 6.07) is 7.53. The molecule has 0 saturated heterocycles. The molecule has 0 radical (unpaired) electrons. The zero-order valence-corrected chi connectivity index (χ0v) is 25.7. The van der Waals surface area contributed by atoms with Crippen LogP contribution in [0.5, 0.6) is 5.75 Å². The van der Waals surface area contributed by atoms with Gasteiger partial charge in [-0.15, -0.1) is 5.10 Å². The number of hydrogen-bond donors (Lipinski definition) is 3. The van der Waals surface area contributed by atoms with Crippen molar-refractivity contribution in [2.75, 3.05) is 19.9 Å². The van der Waals surface area contributed by atoms with E-state index < -0.39 is 74.2 Å². The normalized spacial score (nSPS) is 13.8. The number of methoxy groups -OCH3 is 1. The number of fused-ring (bicyclic) bond motifs is 1. The number of sulfonamides is 1. The number of rotatable bonds is 9. The second-order valence-electron chi connectivity index (χ2n) is 11.0. The topological polar surface area (TPSA) is 143 Å². The Morgan fingerprint density at radius 1 is 1.00 bits per heavy atom. The number of carbonyl (C=O) groups excluding carboxylic acids is 1. The van der Waals surface area contributed by atoms with Gasteiger partial charge in [-0.2, -0.15) is 18.3 Å². The van der Waals surface area contributed by atoms with Gasteiger partial charge in [-0.25, -0.2) is 31.3 Å². The molecule has 3 N–H and O–H groups in total. The maximum atomic E-state index is 16.1. The molecule has 4 aromatic rings. The summed E-state index contributed by atoms with van der Waals surface area (Å²) in [6.07, 6.45) is -5.09. The number of nitrogens with zero attached hydrogens (tertiary/aromatic N) is 3. The van der Waals surface area contributed by atoms with Gasteiger partial charge in [-0.05, 0) is 63.2 Å². The highest BCUT2D eigenvalue weighted by atomic mass is 32.2. The minimum atomic E-state index is -5.74. The predicted molar refractivity (Wildman–Crippen MR) is 154 cm³/mol. The summed E-state index contributed by atoms with van der Waals surface area (Å²) in [4.78, 5) is 16.6. The first-order valence-corrected chi connectivity index (χ1v) is 15.1. The summed E-state index contributed by atoms with van der Waals surface area (Å²) < 4.78 is 121. The Kier molecular flexibility index (Phi) is 9.09. The number of ether oxygens (including phenoxy) is 1. The minimum absolute atomic E-state index is 0.0571. The van der Waals surface area contributed by atoms with E-state index in [-0.39, 0.29) is 22.4 Å². The molecule has 2 aromatic heterocycles. The molecule has 0 aliphatic carbocycles. The number of alkyl halides is 3. The summed E-state index contributed by atoms with van der Waals surface area (Å²) in [5.74, 6) is -5.52. The molecular weight excluding hydrogens is 644 g/mol. The fraction of sp³-hybridized carbons (Fsp3) is 0.310. The Hall–Kier alpha value is -4.35. The maximum absolute atomic E-state index is 16.1. The van der Waals surface area contributed by atoms with Crippen molar-refractivity contribution in [3.05, 3.63) is 82.4 Å². The van der Waals surface area contributed by atoms with E-state index in [1.807, 2.05) is 10.0 Å². The lowest BCUT2D eigenvalue weighted by molar-refractivity contribution is -0.266. The van der Waals surface area contributed by atoms with Crippen molar-refractivity contribution in [1.29, 1.82) is 0 Å². The largest absolute Gasteiger partial charge is 0.494 e. The van der Waals surface area contributed by atoms with Gasteiger partial charge in [-0.1, -0.05) is 0 Å². The number of hydrogen-bond acceptors (Lipinski definition) is 8. The Morgan fingerprint density at radius 3 is 2.20 bits per heavy atom. The third-order valence-electron chi connectivity index (χ3n) is 6.89. The number of halogens is 6. The molecule has 0 aliphatic heterocycles. The molecule has 0 saturated carbocycles. The average Bonchev–Trinajstić information content (AvgIpc) is 2.93. The second kappa shape index (κ2) is 12.1. The van der Waals surface area contributed by atoms with Gasteiger partial charge in [-0.3, -0.25) is 4.79 Å². The van der Waals surface area contributed by atoms with Crippen molar-refractivity contribution in [2.45, 2.75) is 38.1 Å². The van der Waals surface area contributed by atoms with Crippen molar-refractivity contribution in [3.8, 4) is 17.0 Å². The highest BCUT2D eigenvalue weighted by molar-refractivity contribution is 7.88. The summed E-state index contributed by atoms with van der Waals surface area (Å²) in [6.45, 7) is 1.84. The van der Waals surface area contributed by atoms with E-state index in [4.69, 9.17) is 4.74 Å². The van der Waals surface area contributed by atoms with E-state index in [0.717, 1.165) is 44.2 Å². The smallest absolute Gasteiger partial charge is 0.424 e. The van der Waals surface area contributed by atoms with Gasteiger partial charge in [0, 0.05) is 22.1 Å². The van der Waals surface area contributed by atoms with Crippen LogP contribution in [0.2, 0.25) is 0 Å². The Morgan fingerprint density at radius 2 is 1.63 bits per heavy atom. The molecule has 1 atom stereocenters. The van der Waals surface area contributed by atoms with Crippen molar-refractivity contribution >= 4 is 26.8 Å². The summed E-state index contributed by atoms with van der Waals surface area (Å²) in [5.41, 5.74) is -10.3. The molecule has 0 aliphatic rings. The highest BCUT2D eigenvalue weighted by Gasteiger charge is 2.59. The summed E-state index contributed by atoms with van der Waals surface area (Å²) in [7, 11) is -2.95. The zero-order chi connectivity index (χ0) is 34.4. The van der Waals surface area contributed by atoms with Crippen LogP contribution in [0.1, 0.15) is 41.2 Å². The Balaban J connectivity index is 1.89. The van der Waals surface area contributed by atoms with Crippen molar-refractivity contribution in [2.24, 2.45) is 0 Å². The number of aliphatic hydroxyl groups is 1. The number of nitrogens with one attached hydrogen (secondary N) is 2. The predicted octanol–water partition coefficient (Wildman–Crippen LogP) is 4.39. The average molecular weight is 672 g/mol. The van der Waals surface area contributed by atoms with Crippen LogP contribution in [0, 0.1) is 24.4 Å². The van der Waals surface area contributed by atoms with Gasteiger partial charge < -0.3 is 15.2 Å². The lowest BCUT2D eigenvalue weighted by Gasteiger charge is -2.34. The van der Waals surface area contributed by atoms with Crippen LogP contribution in [0.4, 0.5) is 26.3 Å². The van der Waals surface area contributed by atoms with Crippen molar-refractivity contribution in [1.82, 2.24) is 25.2 Å². The minimum Gasteiger partial charge on any atom is -0.494 e. The molecule has 2 heterocycles. The van der Waals surface area contributed by atoms with E-state index in [9.17, 15) is 35.9 Å². The molecule has 2 aromatic carbocycles. The quantitative estimate of drug-likeness (QED) is 0.223. The van der Waals surface area contributed by atoms with Gasteiger partial charge >= 0.3 is 6.18 Å². The first kappa shape index (κ1) is 34.5. The molecular formula is C29H27F6N5O5S. The van der Waals surface area contributed by atoms with Crippen LogP contribution in [0.15, 0.2) is 42.5 Å². The van der Waals surface area contributed by atoms with Crippen LogP contribution in [0.3, 0.4) is 0 Å². The molecule has 10 nitrogen and oxygen atoms in total. The van der Waals surface area contributed by atoms with Gasteiger partial charge in [0.2, 0.25) is 15.6 Å². The van der Waals surface area contributed by atoms with E-state index in [1.165, 1.54) is 19.2 Å². The Bertz CT molecular complexity index is 1940. The lowest BCUT2D eigenvalue weighted by atomic mass is 9.88. The van der Waals surface area contributed by atoms with Gasteiger partial charge in [0.15, 0.2) is 11.6 Å². The first-order valence-electron chi connectivity index (χ1n) is 13.2. The number of amides is 1. The van der Waals surface area contributed by atoms with E-state index in [1.54, 1.807) is 6.92 Å². The molecule has 246 valence electrons. The van der Waals surface area contributed by atoms with Crippen molar-refractivity contribution in [3.63, 3.8) is 0 Å². The lowest BCUT2D eigenvalue weighted by Crippen LogP contribution is -2.53. The molecule has 0 spiro atoms. The van der Waals surface area contributed by atoms with E-state index in [2.05, 4.69) is 15.2 Å². The number of aryl methyl sites for hydroxylation is 1. The number of pyridine rings is 1. The molecule has 0 fully saturated rings. The van der Waals surface area contributed by atoms with Crippen LogP contribution in [0.25, 0.3) is 22.2 Å². The van der Waals surface area contributed by atoms with Crippen LogP contribution < -0.4 is 14.8 Å². The number of carbonyl (C=O) groups is 1. The van der Waals surface area contributed by atoms with E-state index in [0.29, 0.717) is 17.3 Å². The van der Waals surface area contributed by atoms with Crippen LogP contribution >= 0.6 is 0 Å². The maximum Gasteiger partial charge on any atom is 0.424 e. The third-order valence-corrected chi connectivity index (χ3v) is 7.77. The molecule has 46 heavy (non-hydrogen) atoms. The third kappa shape index (κ3) is 6.75. The molecule has 1 amide bonds. The first-order chi connectivity index (χ1) is 21.2. The Labute approximate surface area is 258 Å². The number of aromatic nitrogens is 3. The molecule has 17 heteroatoms. The van der Waals surface area contributed by atoms with E-state index >= 15 is 8.78 Å². The highest BCUT2D eigenvalue weighted by Crippen LogP contribution is 2.43. The second-order valence-corrected chi connectivity index (χ2v) is 12.7. The monoisotopic (exact) mass is 671 g/mol. The molecule has 1 unspecified atom stereocenters. The fourth-order valence-corrected chi connectivity index (χ4v) is 5.85. The van der Waals surface area contributed by atoms with Crippen LogP contribution in [-0.4, -0.2) is 60.7 Å². The summed E-state index contributed by atoms with van der Waals surface area (Å²) >= 11 is 0. The zero-order valence-electron chi connectivity index (χ0n) is 24.8. The SMILES string of the molecule is COc1cc(C(=O)NCC(O)(c2nc(-c3ccc(F)cc3)c(F)c(C(C)(C)NS(C)(=O)=O)c2F)C(F)(F)F)cc2cc(C)nnc12. The molecule has 0 bridgehead atoms. The fourth-order valence-electron chi connectivity index (χ4n) is 4.82. The van der Waals surface area contributed by atoms with Crippen molar-refractivity contribution < 1.29 is 49.4 Å². The van der Waals surface area contributed by atoms with Gasteiger partial charge in [0.25, 0.3) is 5.91 Å². The standard InChI is InChI=1S/C29H27F6N5O5S/c1-14-10-16-11-17(12-19(45-4)23(16)39-38-14)26(41)36-13-28(42,29(33,34)35)25-22(32)20(27(2,3)40-46(5,43)44)21(31)24(37-25)15-6-8-18(30)9-7-15/h6-12,40,42H,13H2,1-5H3,(H,36,41). The van der Waals surface area contributed by atoms with Gasteiger partial charge in [0.1, 0.15) is 28.5 Å². The van der Waals surface area contributed by atoms with Crippen LogP contribution in [-0.2, 0) is 21.2 Å². The van der Waals surface area contributed by atoms with Gasteiger partial charge in [0.05, 0.1) is 31.1 Å². The molecule has 4 rings (SSSR count). The number of benzene rings is 2.